The molecule has 1 aromatic rings. The van der Waals surface area contributed by atoms with Gasteiger partial charge in [-0.05, 0) is 25.7 Å². The van der Waals surface area contributed by atoms with Crippen molar-refractivity contribution in [2.24, 2.45) is 5.92 Å². The third-order valence-corrected chi connectivity index (χ3v) is 4.66. The van der Waals surface area contributed by atoms with Crippen molar-refractivity contribution in [3.8, 4) is 6.07 Å². The summed E-state index contributed by atoms with van der Waals surface area (Å²) in [4.78, 5) is 11.8. The topological polar surface area (TPSA) is 105 Å². The fourth-order valence-corrected chi connectivity index (χ4v) is 3.05. The summed E-state index contributed by atoms with van der Waals surface area (Å²) in [5.41, 5.74) is 4.71. The first kappa shape index (κ1) is 13.1. The highest BCUT2D eigenvalue weighted by atomic mass is 32.2. The van der Waals surface area contributed by atoms with Gasteiger partial charge in [0, 0.05) is 0 Å². The number of nitrogen functional groups attached to an aromatic ring is 1. The summed E-state index contributed by atoms with van der Waals surface area (Å²) in [6, 6.07) is 2.19. The number of hydrogen-bond acceptors (Lipinski definition) is 7. The molecule has 0 saturated heterocycles. The van der Waals surface area contributed by atoms with E-state index < -0.39 is 5.54 Å². The lowest BCUT2D eigenvalue weighted by atomic mass is 9.98. The fraction of sp³-hybridized carbons (Fsp3) is 0.600. The highest BCUT2D eigenvalue weighted by molar-refractivity contribution is 8.01. The van der Waals surface area contributed by atoms with Gasteiger partial charge >= 0.3 is 0 Å². The molecule has 18 heavy (non-hydrogen) atoms. The largest absolute Gasteiger partial charge is 0.374 e. The molecule has 0 aromatic carbocycles. The molecule has 8 heteroatoms. The first-order chi connectivity index (χ1) is 8.53. The van der Waals surface area contributed by atoms with Gasteiger partial charge < -0.3 is 11.1 Å². The van der Waals surface area contributed by atoms with Crippen molar-refractivity contribution in [1.29, 1.82) is 5.26 Å². The smallest absolute Gasteiger partial charge is 0.231 e. The average Bonchev–Trinajstić information content (AvgIpc) is 3.11. The Balaban J connectivity index is 1.83. The van der Waals surface area contributed by atoms with E-state index in [1.807, 2.05) is 0 Å². The average molecular weight is 283 g/mol. The Hall–Kier alpha value is -1.33. The molecule has 1 heterocycles. The van der Waals surface area contributed by atoms with Crippen molar-refractivity contribution in [2.75, 3.05) is 11.5 Å². The molecule has 0 aliphatic heterocycles. The SMILES string of the molecule is C[C@](C#N)(NC(=O)CSc1nnc(N)s1)C1CC1. The number of aromatic nitrogens is 2. The second-order valence-corrected chi connectivity index (χ2v) is 6.56. The maximum atomic E-state index is 11.8. The number of nitriles is 1. The molecular weight excluding hydrogens is 270 g/mol. The third kappa shape index (κ3) is 3.11. The lowest BCUT2D eigenvalue weighted by Crippen LogP contribution is -2.47. The van der Waals surface area contributed by atoms with Gasteiger partial charge in [0.15, 0.2) is 4.34 Å². The minimum absolute atomic E-state index is 0.162. The van der Waals surface area contributed by atoms with Crippen molar-refractivity contribution >= 4 is 34.1 Å². The number of nitrogens with two attached hydrogens (primary N) is 1. The van der Waals surface area contributed by atoms with Gasteiger partial charge in [-0.15, -0.1) is 10.2 Å². The van der Waals surface area contributed by atoms with Crippen LogP contribution >= 0.6 is 23.1 Å². The summed E-state index contributed by atoms with van der Waals surface area (Å²) in [6.07, 6.45) is 2.01. The molecule has 0 bridgehead atoms. The van der Waals surface area contributed by atoms with Crippen LogP contribution in [-0.4, -0.2) is 27.4 Å². The molecule has 1 aromatic heterocycles. The summed E-state index contributed by atoms with van der Waals surface area (Å²) < 4.78 is 0.660. The maximum absolute atomic E-state index is 11.8. The molecule has 2 rings (SSSR count). The predicted molar refractivity (Wildman–Crippen MR) is 69.9 cm³/mol. The molecule has 1 amide bonds. The van der Waals surface area contributed by atoms with Crippen molar-refractivity contribution in [3.05, 3.63) is 0 Å². The number of carbonyl (C=O) groups excluding carboxylic acids is 1. The van der Waals surface area contributed by atoms with E-state index in [4.69, 9.17) is 11.0 Å². The molecule has 1 atom stereocenters. The number of anilines is 1. The number of carbonyl (C=O) groups is 1. The zero-order valence-electron chi connectivity index (χ0n) is 9.84. The van der Waals surface area contributed by atoms with Gasteiger partial charge in [0.25, 0.3) is 0 Å². The summed E-state index contributed by atoms with van der Waals surface area (Å²) in [5.74, 6) is 0.344. The first-order valence-electron chi connectivity index (χ1n) is 5.47. The second kappa shape index (κ2) is 5.12. The van der Waals surface area contributed by atoms with Gasteiger partial charge in [-0.3, -0.25) is 4.79 Å². The number of nitrogens with one attached hydrogen (secondary N) is 1. The fourth-order valence-electron chi connectivity index (χ4n) is 1.61. The van der Waals surface area contributed by atoms with Crippen LogP contribution in [0.5, 0.6) is 0 Å². The normalized spacial score (nSPS) is 17.8. The van der Waals surface area contributed by atoms with Crippen LogP contribution in [0.25, 0.3) is 0 Å². The van der Waals surface area contributed by atoms with Gasteiger partial charge in [-0.1, -0.05) is 23.1 Å². The summed E-state index contributed by atoms with van der Waals surface area (Å²) in [7, 11) is 0. The molecule has 1 saturated carbocycles. The third-order valence-electron chi connectivity index (χ3n) is 2.77. The number of nitrogens with zero attached hydrogens (tertiary/aromatic N) is 3. The molecule has 1 aliphatic carbocycles. The Bertz CT molecular complexity index is 493. The van der Waals surface area contributed by atoms with E-state index >= 15 is 0 Å². The van der Waals surface area contributed by atoms with Crippen molar-refractivity contribution in [2.45, 2.75) is 29.6 Å². The Kier molecular flexibility index (Phi) is 3.73. The first-order valence-corrected chi connectivity index (χ1v) is 7.28. The van der Waals surface area contributed by atoms with Crippen molar-refractivity contribution < 1.29 is 4.79 Å². The van der Waals surface area contributed by atoms with Crippen LogP contribution < -0.4 is 11.1 Å². The van der Waals surface area contributed by atoms with Crippen molar-refractivity contribution in [3.63, 3.8) is 0 Å². The van der Waals surface area contributed by atoms with Crippen LogP contribution in [0.2, 0.25) is 0 Å². The molecule has 1 aliphatic rings. The summed E-state index contributed by atoms with van der Waals surface area (Å²) >= 11 is 2.52. The van der Waals surface area contributed by atoms with E-state index in [0.717, 1.165) is 12.8 Å². The monoisotopic (exact) mass is 283 g/mol. The van der Waals surface area contributed by atoms with Crippen LogP contribution in [0.1, 0.15) is 19.8 Å². The van der Waals surface area contributed by atoms with Crippen LogP contribution in [-0.2, 0) is 4.79 Å². The van der Waals surface area contributed by atoms with E-state index in [-0.39, 0.29) is 17.6 Å². The van der Waals surface area contributed by atoms with E-state index in [9.17, 15) is 4.79 Å². The lowest BCUT2D eigenvalue weighted by molar-refractivity contribution is -0.119. The highest BCUT2D eigenvalue weighted by Gasteiger charge is 2.42. The molecule has 6 nitrogen and oxygen atoms in total. The maximum Gasteiger partial charge on any atom is 0.231 e. The van der Waals surface area contributed by atoms with E-state index in [1.54, 1.807) is 6.92 Å². The minimum Gasteiger partial charge on any atom is -0.374 e. The zero-order valence-corrected chi connectivity index (χ0v) is 11.5. The van der Waals surface area contributed by atoms with Crippen LogP contribution in [0, 0.1) is 17.2 Å². The Morgan fingerprint density at radius 2 is 2.44 bits per heavy atom. The Morgan fingerprint density at radius 3 is 2.94 bits per heavy atom. The van der Waals surface area contributed by atoms with E-state index in [1.165, 1.54) is 23.1 Å². The van der Waals surface area contributed by atoms with Crippen molar-refractivity contribution in [1.82, 2.24) is 15.5 Å². The molecular formula is C10H13N5OS2. The summed E-state index contributed by atoms with van der Waals surface area (Å²) in [6.45, 7) is 1.77. The summed E-state index contributed by atoms with van der Waals surface area (Å²) in [5, 5.41) is 19.8. The van der Waals surface area contributed by atoms with Gasteiger partial charge in [0.1, 0.15) is 5.54 Å². The minimum atomic E-state index is -0.738. The van der Waals surface area contributed by atoms with Gasteiger partial charge in [-0.2, -0.15) is 5.26 Å². The van der Waals surface area contributed by atoms with E-state index in [2.05, 4.69) is 21.6 Å². The molecule has 0 spiro atoms. The van der Waals surface area contributed by atoms with Crippen LogP contribution in [0.4, 0.5) is 5.13 Å². The van der Waals surface area contributed by atoms with Gasteiger partial charge in [-0.25, -0.2) is 0 Å². The highest BCUT2D eigenvalue weighted by Crippen LogP contribution is 2.39. The van der Waals surface area contributed by atoms with Crippen LogP contribution in [0.15, 0.2) is 4.34 Å². The molecule has 0 unspecified atom stereocenters. The van der Waals surface area contributed by atoms with Crippen LogP contribution in [0.3, 0.4) is 0 Å². The molecule has 1 fully saturated rings. The number of hydrogen-bond donors (Lipinski definition) is 2. The Morgan fingerprint density at radius 1 is 1.72 bits per heavy atom. The molecule has 96 valence electrons. The lowest BCUT2D eigenvalue weighted by Gasteiger charge is -2.22. The molecule has 3 N–H and O–H groups in total. The van der Waals surface area contributed by atoms with Gasteiger partial charge in [0.05, 0.1) is 11.8 Å². The quantitative estimate of drug-likeness (QED) is 0.782. The van der Waals surface area contributed by atoms with E-state index in [0.29, 0.717) is 9.47 Å². The second-order valence-electron chi connectivity index (χ2n) is 4.33. The zero-order chi connectivity index (χ0) is 13.2. The number of thioether (sulfide) groups is 1. The molecule has 0 radical (unpaired) electrons. The predicted octanol–water partition coefficient (Wildman–Crippen LogP) is 1.02. The number of rotatable bonds is 5. The Labute approximate surface area is 113 Å². The standard InChI is InChI=1S/C10H13N5OS2/c1-10(5-11,6-2-3-6)13-7(16)4-17-9-15-14-8(12)18-9/h6H,2-4H2,1H3,(H2,12,14)(H,13,16)/t10-/m1/s1. The van der Waals surface area contributed by atoms with Gasteiger partial charge in [0.2, 0.25) is 11.0 Å². The number of amides is 1.